The van der Waals surface area contributed by atoms with E-state index >= 15 is 0 Å². The largest absolute Gasteiger partial charge is 0.511 e. The van der Waals surface area contributed by atoms with Crippen molar-refractivity contribution in [2.45, 2.75) is 19.4 Å². The summed E-state index contributed by atoms with van der Waals surface area (Å²) in [5, 5.41) is 8.41. The van der Waals surface area contributed by atoms with E-state index in [0.717, 1.165) is 0 Å². The van der Waals surface area contributed by atoms with E-state index in [4.69, 9.17) is 5.11 Å². The topological polar surface area (TPSA) is 72.8 Å². The van der Waals surface area contributed by atoms with Crippen LogP contribution in [0, 0.1) is 0 Å². The molecular formula is C7H8O5. The maximum Gasteiger partial charge on any atom is 0.378 e. The Bertz CT molecular complexity index is 263. The Kier molecular flexibility index (Phi) is 1.79. The summed E-state index contributed by atoms with van der Waals surface area (Å²) in [6, 6.07) is 0. The Hall–Kier alpha value is -1.52. The van der Waals surface area contributed by atoms with Crippen LogP contribution in [0.1, 0.15) is 13.8 Å². The molecule has 0 aromatic heterocycles. The Morgan fingerprint density at radius 1 is 1.42 bits per heavy atom. The Morgan fingerprint density at radius 3 is 2.50 bits per heavy atom. The lowest BCUT2D eigenvalue weighted by Crippen LogP contribution is -2.44. The molecule has 0 aromatic rings. The third-order valence-electron chi connectivity index (χ3n) is 1.36. The second kappa shape index (κ2) is 2.51. The van der Waals surface area contributed by atoms with Crippen LogP contribution in [0.3, 0.4) is 0 Å². The van der Waals surface area contributed by atoms with Crippen LogP contribution in [0.5, 0.6) is 0 Å². The van der Waals surface area contributed by atoms with E-state index < -0.39 is 23.3 Å². The van der Waals surface area contributed by atoms with Crippen molar-refractivity contribution in [1.82, 2.24) is 0 Å². The molecular weight excluding hydrogens is 164 g/mol. The first-order valence-corrected chi connectivity index (χ1v) is 3.27. The second-order valence-corrected chi connectivity index (χ2v) is 2.78. The molecule has 0 bridgehead atoms. The molecule has 5 heteroatoms. The van der Waals surface area contributed by atoms with Gasteiger partial charge >= 0.3 is 11.9 Å². The van der Waals surface area contributed by atoms with Crippen LogP contribution >= 0.6 is 0 Å². The smallest absolute Gasteiger partial charge is 0.378 e. The van der Waals surface area contributed by atoms with Gasteiger partial charge in [-0.3, -0.25) is 0 Å². The van der Waals surface area contributed by atoms with Crippen molar-refractivity contribution in [3.05, 3.63) is 12.0 Å². The van der Waals surface area contributed by atoms with Gasteiger partial charge in [-0.1, -0.05) is 0 Å². The van der Waals surface area contributed by atoms with Crippen LogP contribution in [0.2, 0.25) is 0 Å². The lowest BCUT2D eigenvalue weighted by Gasteiger charge is -2.27. The molecule has 0 atom stereocenters. The van der Waals surface area contributed by atoms with E-state index in [9.17, 15) is 9.59 Å². The Morgan fingerprint density at radius 2 is 2.00 bits per heavy atom. The van der Waals surface area contributed by atoms with Crippen molar-refractivity contribution < 1.29 is 24.2 Å². The van der Waals surface area contributed by atoms with E-state index in [0.29, 0.717) is 6.26 Å². The Balaban J connectivity index is 2.90. The molecule has 12 heavy (non-hydrogen) atoms. The molecule has 0 spiro atoms. The number of rotatable bonds is 0. The third kappa shape index (κ3) is 1.25. The molecule has 0 aliphatic carbocycles. The first-order chi connectivity index (χ1) is 5.47. The molecule has 5 nitrogen and oxygen atoms in total. The SMILES string of the molecule is CC1(C)OC(=O)/C(=C\O)OC1=O. The summed E-state index contributed by atoms with van der Waals surface area (Å²) in [5.41, 5.74) is -1.27. The quantitative estimate of drug-likeness (QED) is 0.322. The van der Waals surface area contributed by atoms with E-state index in [1.807, 2.05) is 0 Å². The van der Waals surface area contributed by atoms with Crippen molar-refractivity contribution in [2.75, 3.05) is 0 Å². The minimum absolute atomic E-state index is 0.398. The predicted molar refractivity (Wildman–Crippen MR) is 37.0 cm³/mol. The number of carbonyl (C=O) groups is 2. The van der Waals surface area contributed by atoms with E-state index in [-0.39, 0.29) is 0 Å². The molecule has 1 heterocycles. The van der Waals surface area contributed by atoms with Gasteiger partial charge in [0.05, 0.1) is 0 Å². The number of esters is 2. The van der Waals surface area contributed by atoms with Gasteiger partial charge in [0.2, 0.25) is 11.4 Å². The minimum Gasteiger partial charge on any atom is -0.511 e. The maximum absolute atomic E-state index is 11.0. The van der Waals surface area contributed by atoms with E-state index in [2.05, 4.69) is 9.47 Å². The third-order valence-corrected chi connectivity index (χ3v) is 1.36. The highest BCUT2D eigenvalue weighted by molar-refractivity contribution is 5.96. The number of ether oxygens (including phenoxy) is 2. The molecule has 66 valence electrons. The van der Waals surface area contributed by atoms with Gasteiger partial charge in [0.15, 0.2) is 0 Å². The fraction of sp³-hybridized carbons (Fsp3) is 0.429. The van der Waals surface area contributed by atoms with Crippen LogP contribution in [-0.4, -0.2) is 22.6 Å². The number of hydrogen-bond donors (Lipinski definition) is 1. The standard InChI is InChI=1S/C7H8O5/c1-7(2)6(10)11-4(3-8)5(9)12-7/h3,8H,1-2H3/b4-3+. The summed E-state index contributed by atoms with van der Waals surface area (Å²) in [7, 11) is 0. The minimum atomic E-state index is -1.27. The number of aliphatic hydroxyl groups excluding tert-OH is 1. The molecule has 0 aromatic carbocycles. The molecule has 1 rings (SSSR count). The van der Waals surface area contributed by atoms with Gasteiger partial charge in [-0.05, 0) is 13.8 Å². The van der Waals surface area contributed by atoms with Crippen molar-refractivity contribution >= 4 is 11.9 Å². The summed E-state index contributed by atoms with van der Waals surface area (Å²) >= 11 is 0. The average Bonchev–Trinajstić information content (AvgIpc) is 1.96. The lowest BCUT2D eigenvalue weighted by molar-refractivity contribution is -0.187. The van der Waals surface area contributed by atoms with Crippen LogP contribution in [0.15, 0.2) is 12.0 Å². The number of hydrogen-bond acceptors (Lipinski definition) is 5. The zero-order chi connectivity index (χ0) is 9.35. The van der Waals surface area contributed by atoms with Gasteiger partial charge in [-0.15, -0.1) is 0 Å². The number of cyclic esters (lactones) is 2. The highest BCUT2D eigenvalue weighted by atomic mass is 16.7. The molecule has 0 saturated carbocycles. The normalized spacial score (nSPS) is 25.0. The summed E-state index contributed by atoms with van der Waals surface area (Å²) in [6.45, 7) is 2.81. The molecule has 1 fully saturated rings. The summed E-state index contributed by atoms with van der Waals surface area (Å²) in [4.78, 5) is 21.8. The van der Waals surface area contributed by atoms with Gasteiger partial charge in [-0.2, -0.15) is 0 Å². The van der Waals surface area contributed by atoms with Crippen LogP contribution in [0.25, 0.3) is 0 Å². The van der Waals surface area contributed by atoms with Gasteiger partial charge in [0.25, 0.3) is 0 Å². The van der Waals surface area contributed by atoms with Gasteiger partial charge in [0.1, 0.15) is 6.26 Å². The highest BCUT2D eigenvalue weighted by Crippen LogP contribution is 2.21. The predicted octanol–water partition coefficient (Wildman–Crippen LogP) is 0.264. The first-order valence-electron chi connectivity index (χ1n) is 3.27. The second-order valence-electron chi connectivity index (χ2n) is 2.78. The maximum atomic E-state index is 11.0. The van der Waals surface area contributed by atoms with Gasteiger partial charge < -0.3 is 14.6 Å². The summed E-state index contributed by atoms with van der Waals surface area (Å²) < 4.78 is 9.11. The van der Waals surface area contributed by atoms with E-state index in [1.54, 1.807) is 0 Å². The summed E-state index contributed by atoms with van der Waals surface area (Å²) in [6.07, 6.45) is 0.398. The average molecular weight is 172 g/mol. The Labute approximate surface area is 68.6 Å². The number of carbonyl (C=O) groups excluding carboxylic acids is 2. The lowest BCUT2D eigenvalue weighted by atomic mass is 10.1. The van der Waals surface area contributed by atoms with Crippen molar-refractivity contribution in [2.24, 2.45) is 0 Å². The molecule has 0 amide bonds. The molecule has 1 saturated heterocycles. The van der Waals surface area contributed by atoms with Crippen molar-refractivity contribution in [3.8, 4) is 0 Å². The van der Waals surface area contributed by atoms with E-state index in [1.165, 1.54) is 13.8 Å². The van der Waals surface area contributed by atoms with Crippen molar-refractivity contribution in [1.29, 1.82) is 0 Å². The fourth-order valence-corrected chi connectivity index (χ4v) is 0.667. The molecule has 0 unspecified atom stereocenters. The molecule has 1 aliphatic rings. The van der Waals surface area contributed by atoms with Crippen molar-refractivity contribution in [3.63, 3.8) is 0 Å². The van der Waals surface area contributed by atoms with Gasteiger partial charge in [0, 0.05) is 0 Å². The van der Waals surface area contributed by atoms with Crippen LogP contribution in [-0.2, 0) is 19.1 Å². The highest BCUT2D eigenvalue weighted by Gasteiger charge is 2.41. The fourth-order valence-electron chi connectivity index (χ4n) is 0.667. The van der Waals surface area contributed by atoms with Gasteiger partial charge in [-0.25, -0.2) is 9.59 Å². The molecule has 0 radical (unpaired) electrons. The zero-order valence-corrected chi connectivity index (χ0v) is 6.66. The zero-order valence-electron chi connectivity index (χ0n) is 6.66. The number of aliphatic hydroxyl groups is 1. The van der Waals surface area contributed by atoms with Crippen LogP contribution < -0.4 is 0 Å². The molecule has 1 aliphatic heterocycles. The monoisotopic (exact) mass is 172 g/mol. The first kappa shape index (κ1) is 8.58. The summed E-state index contributed by atoms with van der Waals surface area (Å²) in [5.74, 6) is -2.04. The van der Waals surface area contributed by atoms with Crippen LogP contribution in [0.4, 0.5) is 0 Å². The molecule has 1 N–H and O–H groups in total.